The highest BCUT2D eigenvalue weighted by atomic mass is 35.5. The predicted molar refractivity (Wildman–Crippen MR) is 76.0 cm³/mol. The molecule has 3 nitrogen and oxygen atoms in total. The summed E-state index contributed by atoms with van der Waals surface area (Å²) in [6.45, 7) is 1.42. The smallest absolute Gasteiger partial charge is 0.223 e. The summed E-state index contributed by atoms with van der Waals surface area (Å²) in [4.78, 5) is 18.1. The lowest BCUT2D eigenvalue weighted by molar-refractivity contribution is -0.128. The monoisotopic (exact) mass is 274 g/mol. The molecule has 3 rings (SSSR count). The first kappa shape index (κ1) is 12.4. The molecule has 1 aliphatic rings. The molecule has 1 aromatic heterocycles. The van der Waals surface area contributed by atoms with Crippen molar-refractivity contribution < 1.29 is 4.79 Å². The number of benzene rings is 1. The maximum Gasteiger partial charge on any atom is 0.223 e. The van der Waals surface area contributed by atoms with E-state index in [4.69, 9.17) is 11.6 Å². The van der Waals surface area contributed by atoms with Gasteiger partial charge in [-0.2, -0.15) is 0 Å². The van der Waals surface area contributed by atoms with Crippen LogP contribution in [0.2, 0.25) is 0 Å². The average Bonchev–Trinajstić information content (AvgIpc) is 2.79. The second kappa shape index (κ2) is 5.17. The van der Waals surface area contributed by atoms with Gasteiger partial charge in [0, 0.05) is 37.0 Å². The van der Waals surface area contributed by atoms with E-state index in [0.29, 0.717) is 24.8 Å². The van der Waals surface area contributed by atoms with Gasteiger partial charge in [-0.25, -0.2) is 0 Å². The zero-order valence-electron chi connectivity index (χ0n) is 10.6. The maximum absolute atomic E-state index is 11.9. The van der Waals surface area contributed by atoms with Gasteiger partial charge in [-0.1, -0.05) is 18.2 Å². The van der Waals surface area contributed by atoms with Crippen molar-refractivity contribution in [1.29, 1.82) is 0 Å². The van der Waals surface area contributed by atoms with E-state index in [1.165, 1.54) is 0 Å². The molecular formula is C15H15ClN2O. The fourth-order valence-corrected chi connectivity index (χ4v) is 2.75. The fraction of sp³-hybridized carbons (Fsp3) is 0.333. The Labute approximate surface area is 117 Å². The molecule has 19 heavy (non-hydrogen) atoms. The second-order valence-electron chi connectivity index (χ2n) is 5.03. The minimum atomic E-state index is 0.201. The highest BCUT2D eigenvalue weighted by Crippen LogP contribution is 2.22. The summed E-state index contributed by atoms with van der Waals surface area (Å²) < 4.78 is 0. The first-order chi connectivity index (χ1) is 9.26. The van der Waals surface area contributed by atoms with E-state index in [-0.39, 0.29) is 5.91 Å². The van der Waals surface area contributed by atoms with Crippen molar-refractivity contribution in [3.63, 3.8) is 0 Å². The summed E-state index contributed by atoms with van der Waals surface area (Å²) in [5.41, 5.74) is 2.09. The van der Waals surface area contributed by atoms with E-state index in [0.717, 1.165) is 23.0 Å². The summed E-state index contributed by atoms with van der Waals surface area (Å²) in [6, 6.07) is 10.1. The SMILES string of the molecule is O=C1CC(CCl)CN1Cc1ccc2cccnc2c1. The molecule has 1 unspecified atom stereocenters. The number of hydrogen-bond acceptors (Lipinski definition) is 2. The van der Waals surface area contributed by atoms with E-state index in [1.54, 1.807) is 6.20 Å². The highest BCUT2D eigenvalue weighted by Gasteiger charge is 2.28. The Balaban J connectivity index is 1.80. The Morgan fingerprint density at radius 1 is 1.37 bits per heavy atom. The maximum atomic E-state index is 11.9. The van der Waals surface area contributed by atoms with Crippen LogP contribution >= 0.6 is 11.6 Å². The molecule has 0 radical (unpaired) electrons. The van der Waals surface area contributed by atoms with Crippen molar-refractivity contribution in [2.24, 2.45) is 5.92 Å². The Hall–Kier alpha value is -1.61. The number of carbonyl (C=O) groups is 1. The van der Waals surface area contributed by atoms with Crippen LogP contribution in [0.25, 0.3) is 10.9 Å². The van der Waals surface area contributed by atoms with Crippen molar-refractivity contribution in [1.82, 2.24) is 9.88 Å². The summed E-state index contributed by atoms with van der Waals surface area (Å²) in [7, 11) is 0. The average molecular weight is 275 g/mol. The number of rotatable bonds is 3. The number of likely N-dealkylation sites (tertiary alicyclic amines) is 1. The van der Waals surface area contributed by atoms with Crippen LogP contribution in [-0.4, -0.2) is 28.2 Å². The van der Waals surface area contributed by atoms with Gasteiger partial charge in [-0.05, 0) is 23.6 Å². The van der Waals surface area contributed by atoms with Crippen LogP contribution in [-0.2, 0) is 11.3 Å². The number of fused-ring (bicyclic) bond motifs is 1. The number of aromatic nitrogens is 1. The molecule has 98 valence electrons. The highest BCUT2D eigenvalue weighted by molar-refractivity contribution is 6.18. The molecule has 1 aliphatic heterocycles. The quantitative estimate of drug-likeness (QED) is 0.807. The summed E-state index contributed by atoms with van der Waals surface area (Å²) in [5.74, 6) is 1.06. The topological polar surface area (TPSA) is 33.2 Å². The number of hydrogen-bond donors (Lipinski definition) is 0. The van der Waals surface area contributed by atoms with Gasteiger partial charge in [0.25, 0.3) is 0 Å². The van der Waals surface area contributed by atoms with Crippen LogP contribution in [0.4, 0.5) is 0 Å². The van der Waals surface area contributed by atoms with E-state index in [9.17, 15) is 4.79 Å². The molecule has 0 N–H and O–H groups in total. The van der Waals surface area contributed by atoms with Crippen molar-refractivity contribution in [2.45, 2.75) is 13.0 Å². The van der Waals surface area contributed by atoms with Crippen LogP contribution in [0.1, 0.15) is 12.0 Å². The van der Waals surface area contributed by atoms with Gasteiger partial charge in [0.2, 0.25) is 5.91 Å². The van der Waals surface area contributed by atoms with Gasteiger partial charge in [-0.15, -0.1) is 11.6 Å². The third kappa shape index (κ3) is 2.56. The normalized spacial score (nSPS) is 19.3. The molecular weight excluding hydrogens is 260 g/mol. The van der Waals surface area contributed by atoms with Crippen LogP contribution in [0.15, 0.2) is 36.5 Å². The molecule has 1 fully saturated rings. The van der Waals surface area contributed by atoms with Gasteiger partial charge in [0.15, 0.2) is 0 Å². The Bertz CT molecular complexity index is 614. The molecule has 0 spiro atoms. The minimum Gasteiger partial charge on any atom is -0.338 e. The number of halogens is 1. The molecule has 0 aliphatic carbocycles. The third-order valence-electron chi connectivity index (χ3n) is 3.56. The molecule has 0 saturated carbocycles. The molecule has 1 amide bonds. The van der Waals surface area contributed by atoms with Crippen molar-refractivity contribution in [3.05, 3.63) is 42.1 Å². The molecule has 4 heteroatoms. The van der Waals surface area contributed by atoms with Crippen molar-refractivity contribution >= 4 is 28.4 Å². The van der Waals surface area contributed by atoms with E-state index in [1.807, 2.05) is 17.0 Å². The van der Waals surface area contributed by atoms with Crippen LogP contribution in [0.3, 0.4) is 0 Å². The van der Waals surface area contributed by atoms with Crippen LogP contribution < -0.4 is 0 Å². The first-order valence-electron chi connectivity index (χ1n) is 6.43. The Morgan fingerprint density at radius 3 is 3.05 bits per heavy atom. The van der Waals surface area contributed by atoms with Gasteiger partial charge in [-0.3, -0.25) is 9.78 Å². The fourth-order valence-electron chi connectivity index (χ4n) is 2.54. The standard InChI is InChI=1S/C15H15ClN2O/c16-8-12-7-15(19)18(10-12)9-11-3-4-13-2-1-5-17-14(13)6-11/h1-6,12H,7-10H2. The zero-order valence-corrected chi connectivity index (χ0v) is 11.3. The third-order valence-corrected chi connectivity index (χ3v) is 3.99. The van der Waals surface area contributed by atoms with Crippen molar-refractivity contribution in [2.75, 3.05) is 12.4 Å². The van der Waals surface area contributed by atoms with Gasteiger partial charge < -0.3 is 4.90 Å². The van der Waals surface area contributed by atoms with Crippen LogP contribution in [0.5, 0.6) is 0 Å². The first-order valence-corrected chi connectivity index (χ1v) is 6.97. The molecule has 2 aromatic rings. The molecule has 1 saturated heterocycles. The lowest BCUT2D eigenvalue weighted by Gasteiger charge is -2.16. The van der Waals surface area contributed by atoms with Crippen LogP contribution in [0, 0.1) is 5.92 Å². The van der Waals surface area contributed by atoms with E-state index >= 15 is 0 Å². The zero-order chi connectivity index (χ0) is 13.2. The largest absolute Gasteiger partial charge is 0.338 e. The number of nitrogens with zero attached hydrogens (tertiary/aromatic N) is 2. The minimum absolute atomic E-state index is 0.201. The lowest BCUT2D eigenvalue weighted by Crippen LogP contribution is -2.24. The predicted octanol–water partition coefficient (Wildman–Crippen LogP) is 2.82. The Morgan fingerprint density at radius 2 is 2.26 bits per heavy atom. The number of alkyl halides is 1. The molecule has 2 heterocycles. The Kier molecular flexibility index (Phi) is 3.38. The van der Waals surface area contributed by atoms with Gasteiger partial charge >= 0.3 is 0 Å². The lowest BCUT2D eigenvalue weighted by atomic mass is 10.1. The number of carbonyl (C=O) groups excluding carboxylic acids is 1. The molecule has 1 aromatic carbocycles. The number of pyridine rings is 1. The molecule has 0 bridgehead atoms. The van der Waals surface area contributed by atoms with Crippen molar-refractivity contribution in [3.8, 4) is 0 Å². The van der Waals surface area contributed by atoms with E-state index < -0.39 is 0 Å². The number of amides is 1. The molecule has 1 atom stereocenters. The van der Waals surface area contributed by atoms with Gasteiger partial charge in [0.05, 0.1) is 5.52 Å². The summed E-state index contributed by atoms with van der Waals surface area (Å²) in [5, 5.41) is 1.12. The second-order valence-corrected chi connectivity index (χ2v) is 5.34. The summed E-state index contributed by atoms with van der Waals surface area (Å²) >= 11 is 5.83. The van der Waals surface area contributed by atoms with Gasteiger partial charge in [0.1, 0.15) is 0 Å². The van der Waals surface area contributed by atoms with E-state index in [2.05, 4.69) is 23.2 Å². The summed E-state index contributed by atoms with van der Waals surface area (Å²) in [6.07, 6.45) is 2.37.